The second kappa shape index (κ2) is 21.7. The molecule has 0 fully saturated rings. The van der Waals surface area contributed by atoms with Crippen molar-refractivity contribution in [2.45, 2.75) is 123 Å². The molecule has 0 saturated carbocycles. The summed E-state index contributed by atoms with van der Waals surface area (Å²) in [6.45, 7) is 6.18. The number of carbonyl (C=O) groups is 1. The molecule has 27 heavy (non-hydrogen) atoms. The number of nitrogens with one attached hydrogen (secondary N) is 2. The maximum atomic E-state index is 10.4. The summed E-state index contributed by atoms with van der Waals surface area (Å²) in [6.07, 6.45) is 22.4. The molecule has 0 aliphatic heterocycles. The third kappa shape index (κ3) is 23.4. The highest BCUT2D eigenvalue weighted by Gasteiger charge is 2.02. The van der Waals surface area contributed by atoms with Gasteiger partial charge in [-0.3, -0.25) is 4.79 Å². The minimum Gasteiger partial charge on any atom is -0.480 e. The van der Waals surface area contributed by atoms with E-state index in [1.54, 1.807) is 0 Å². The van der Waals surface area contributed by atoms with E-state index in [2.05, 4.69) is 24.5 Å². The Morgan fingerprint density at radius 3 is 1.56 bits per heavy atom. The summed E-state index contributed by atoms with van der Waals surface area (Å²) in [5, 5.41) is 15.0. The van der Waals surface area contributed by atoms with Crippen molar-refractivity contribution in [3.63, 3.8) is 0 Å². The third-order valence-electron chi connectivity index (χ3n) is 5.25. The highest BCUT2D eigenvalue weighted by Crippen LogP contribution is 2.13. The Morgan fingerprint density at radius 2 is 1.15 bits per heavy atom. The van der Waals surface area contributed by atoms with E-state index < -0.39 is 5.97 Å². The molecule has 0 aliphatic carbocycles. The summed E-state index contributed by atoms with van der Waals surface area (Å²) in [4.78, 5) is 10.4. The van der Waals surface area contributed by atoms with Crippen LogP contribution < -0.4 is 10.6 Å². The van der Waals surface area contributed by atoms with Gasteiger partial charge in [-0.15, -0.1) is 0 Å². The minimum absolute atomic E-state index is 0.0467. The maximum Gasteiger partial charge on any atom is 0.317 e. The van der Waals surface area contributed by atoms with Crippen LogP contribution in [0.5, 0.6) is 0 Å². The van der Waals surface area contributed by atoms with Crippen LogP contribution in [-0.2, 0) is 4.79 Å². The molecule has 1 unspecified atom stereocenters. The Balaban J connectivity index is 3.09. The van der Waals surface area contributed by atoms with Crippen molar-refractivity contribution in [1.29, 1.82) is 0 Å². The second-order valence-corrected chi connectivity index (χ2v) is 8.18. The lowest BCUT2D eigenvalue weighted by Crippen LogP contribution is -2.38. The van der Waals surface area contributed by atoms with E-state index in [9.17, 15) is 4.79 Å². The molecular formula is C23H48N2O2. The molecule has 0 spiro atoms. The van der Waals surface area contributed by atoms with Gasteiger partial charge in [0.1, 0.15) is 0 Å². The van der Waals surface area contributed by atoms with E-state index in [-0.39, 0.29) is 6.54 Å². The molecule has 0 aromatic heterocycles. The van der Waals surface area contributed by atoms with Gasteiger partial charge in [0.05, 0.1) is 6.54 Å². The second-order valence-electron chi connectivity index (χ2n) is 8.18. The molecular weight excluding hydrogens is 336 g/mol. The first-order chi connectivity index (χ1) is 13.2. The molecule has 0 saturated heterocycles. The predicted molar refractivity (Wildman–Crippen MR) is 118 cm³/mol. The van der Waals surface area contributed by atoms with Crippen molar-refractivity contribution in [3.8, 4) is 0 Å². The number of aliphatic carboxylic acids is 1. The summed E-state index contributed by atoms with van der Waals surface area (Å²) < 4.78 is 0. The molecule has 0 aromatic carbocycles. The lowest BCUT2D eigenvalue weighted by atomic mass is 10.0. The fourth-order valence-electron chi connectivity index (χ4n) is 3.49. The van der Waals surface area contributed by atoms with Crippen LogP contribution in [-0.4, -0.2) is 36.8 Å². The van der Waals surface area contributed by atoms with Crippen LogP contribution in [0.4, 0.5) is 0 Å². The summed E-state index contributed by atoms with van der Waals surface area (Å²) in [6, 6.07) is 0.334. The highest BCUT2D eigenvalue weighted by molar-refractivity contribution is 5.68. The van der Waals surface area contributed by atoms with Crippen molar-refractivity contribution in [3.05, 3.63) is 0 Å². The number of hydrogen-bond donors (Lipinski definition) is 3. The van der Waals surface area contributed by atoms with Gasteiger partial charge in [-0.1, -0.05) is 103 Å². The zero-order chi connectivity index (χ0) is 20.0. The first kappa shape index (κ1) is 26.4. The third-order valence-corrected chi connectivity index (χ3v) is 5.25. The van der Waals surface area contributed by atoms with Crippen LogP contribution in [0.15, 0.2) is 0 Å². The monoisotopic (exact) mass is 384 g/mol. The number of hydrogen-bond acceptors (Lipinski definition) is 3. The Bertz CT molecular complexity index is 311. The number of unbranched alkanes of at least 4 members (excludes halogenated alkanes) is 15. The van der Waals surface area contributed by atoms with E-state index >= 15 is 0 Å². The van der Waals surface area contributed by atoms with Crippen molar-refractivity contribution in [1.82, 2.24) is 10.6 Å². The number of carboxylic acid groups (broad SMARTS) is 1. The van der Waals surface area contributed by atoms with Gasteiger partial charge in [0.2, 0.25) is 0 Å². The molecule has 0 aliphatic rings. The molecule has 0 bridgehead atoms. The fourth-order valence-corrected chi connectivity index (χ4v) is 3.49. The van der Waals surface area contributed by atoms with E-state index in [1.165, 1.54) is 103 Å². The molecule has 0 aromatic rings. The Morgan fingerprint density at radius 1 is 0.741 bits per heavy atom. The van der Waals surface area contributed by atoms with Crippen molar-refractivity contribution in [2.24, 2.45) is 0 Å². The summed E-state index contributed by atoms with van der Waals surface area (Å²) >= 11 is 0. The van der Waals surface area contributed by atoms with Crippen LogP contribution in [0.2, 0.25) is 0 Å². The number of rotatable bonds is 22. The zero-order valence-corrected chi connectivity index (χ0v) is 18.4. The molecule has 162 valence electrons. The SMILES string of the molecule is CCCCCCCCCCCCCCCCCCNC(C)CNCC(=O)O. The van der Waals surface area contributed by atoms with Crippen LogP contribution in [0.1, 0.15) is 117 Å². The molecule has 0 heterocycles. The van der Waals surface area contributed by atoms with Gasteiger partial charge >= 0.3 is 5.97 Å². The standard InChI is InChI=1S/C23H48N2O2/c1-3-4-5-6-7-8-9-10-11-12-13-14-15-16-17-18-19-25-22(2)20-24-21-23(26)27/h22,24-25H,3-21H2,1-2H3,(H,26,27). The molecule has 4 nitrogen and oxygen atoms in total. The van der Waals surface area contributed by atoms with Crippen molar-refractivity contribution in [2.75, 3.05) is 19.6 Å². The first-order valence-electron chi connectivity index (χ1n) is 11.8. The maximum absolute atomic E-state index is 10.4. The van der Waals surface area contributed by atoms with Gasteiger partial charge in [0.15, 0.2) is 0 Å². The predicted octanol–water partition coefficient (Wildman–Crippen LogP) is 5.90. The Hall–Kier alpha value is -0.610. The largest absolute Gasteiger partial charge is 0.480 e. The van der Waals surface area contributed by atoms with Gasteiger partial charge in [-0.2, -0.15) is 0 Å². The normalized spacial score (nSPS) is 12.4. The molecule has 4 heteroatoms. The van der Waals surface area contributed by atoms with Gasteiger partial charge < -0.3 is 15.7 Å². The average Bonchev–Trinajstić information content (AvgIpc) is 2.64. The molecule has 0 amide bonds. The molecule has 0 rings (SSSR count). The van der Waals surface area contributed by atoms with Crippen molar-refractivity contribution < 1.29 is 9.90 Å². The zero-order valence-electron chi connectivity index (χ0n) is 18.4. The lowest BCUT2D eigenvalue weighted by Gasteiger charge is -2.13. The Labute approximate surface area is 169 Å². The molecule has 1 atom stereocenters. The van der Waals surface area contributed by atoms with Crippen LogP contribution >= 0.6 is 0 Å². The highest BCUT2D eigenvalue weighted by atomic mass is 16.4. The lowest BCUT2D eigenvalue weighted by molar-refractivity contribution is -0.135. The summed E-state index contributed by atoms with van der Waals surface area (Å²) in [5.41, 5.74) is 0. The van der Waals surface area contributed by atoms with Gasteiger partial charge in [-0.25, -0.2) is 0 Å². The van der Waals surface area contributed by atoms with Crippen LogP contribution in [0.25, 0.3) is 0 Å². The van der Waals surface area contributed by atoms with E-state index in [0.29, 0.717) is 12.6 Å². The summed E-state index contributed by atoms with van der Waals surface area (Å²) in [7, 11) is 0. The van der Waals surface area contributed by atoms with E-state index in [1.807, 2.05) is 0 Å². The van der Waals surface area contributed by atoms with E-state index in [0.717, 1.165) is 6.54 Å². The van der Waals surface area contributed by atoms with E-state index in [4.69, 9.17) is 5.11 Å². The first-order valence-corrected chi connectivity index (χ1v) is 11.8. The van der Waals surface area contributed by atoms with Crippen molar-refractivity contribution >= 4 is 5.97 Å². The summed E-state index contributed by atoms with van der Waals surface area (Å²) in [5.74, 6) is -0.792. The number of carboxylic acids is 1. The van der Waals surface area contributed by atoms with Crippen LogP contribution in [0, 0.1) is 0 Å². The van der Waals surface area contributed by atoms with Crippen LogP contribution in [0.3, 0.4) is 0 Å². The van der Waals surface area contributed by atoms with Gasteiger partial charge in [0.25, 0.3) is 0 Å². The topological polar surface area (TPSA) is 61.4 Å². The smallest absolute Gasteiger partial charge is 0.317 e. The van der Waals surface area contributed by atoms with Gasteiger partial charge in [0, 0.05) is 12.6 Å². The average molecular weight is 385 g/mol. The Kier molecular flexibility index (Phi) is 21.2. The van der Waals surface area contributed by atoms with Gasteiger partial charge in [-0.05, 0) is 19.9 Å². The minimum atomic E-state index is -0.792. The quantitative estimate of drug-likeness (QED) is 0.203. The molecule has 0 radical (unpaired) electrons. The fraction of sp³-hybridized carbons (Fsp3) is 0.957. The molecule has 3 N–H and O–H groups in total.